The molecule has 100 valence electrons. The van der Waals surface area contributed by atoms with Crippen molar-refractivity contribution in [3.8, 4) is 11.5 Å². The summed E-state index contributed by atoms with van der Waals surface area (Å²) >= 11 is 0. The number of rotatable bonds is 5. The Bertz CT molecular complexity index is 409. The highest BCUT2D eigenvalue weighted by Crippen LogP contribution is 2.22. The van der Waals surface area contributed by atoms with Gasteiger partial charge in [-0.25, -0.2) is 0 Å². The van der Waals surface area contributed by atoms with Crippen LogP contribution in [0.2, 0.25) is 0 Å². The molecule has 0 aromatic heterocycles. The molecule has 0 spiro atoms. The van der Waals surface area contributed by atoms with Crippen LogP contribution in [0.15, 0.2) is 23.3 Å². The van der Waals surface area contributed by atoms with E-state index in [1.807, 2.05) is 33.8 Å². The molecule has 0 aliphatic rings. The van der Waals surface area contributed by atoms with Gasteiger partial charge in [-0.15, -0.1) is 0 Å². The van der Waals surface area contributed by atoms with Gasteiger partial charge in [0.2, 0.25) is 0 Å². The molecule has 0 bridgehead atoms. The van der Waals surface area contributed by atoms with Gasteiger partial charge in [0.05, 0.1) is 12.8 Å². The molecule has 0 saturated carbocycles. The van der Waals surface area contributed by atoms with Gasteiger partial charge in [-0.05, 0) is 39.3 Å². The monoisotopic (exact) mass is 250 g/mol. The summed E-state index contributed by atoms with van der Waals surface area (Å²) in [6.45, 7) is 8.75. The van der Waals surface area contributed by atoms with Crippen molar-refractivity contribution < 1.29 is 9.84 Å². The molecule has 0 heterocycles. The zero-order chi connectivity index (χ0) is 13.6. The van der Waals surface area contributed by atoms with E-state index in [1.54, 1.807) is 18.3 Å². The fourth-order valence-electron chi connectivity index (χ4n) is 1.24. The quantitative estimate of drug-likeness (QED) is 0.624. The minimum atomic E-state index is -0.0870. The fourth-order valence-corrected chi connectivity index (χ4v) is 1.24. The highest BCUT2D eigenvalue weighted by atomic mass is 16.5. The van der Waals surface area contributed by atoms with Gasteiger partial charge in [0.1, 0.15) is 11.5 Å². The van der Waals surface area contributed by atoms with E-state index in [9.17, 15) is 5.11 Å². The van der Waals surface area contributed by atoms with Crippen molar-refractivity contribution in [2.75, 3.05) is 6.61 Å². The third-order valence-corrected chi connectivity index (χ3v) is 2.08. The standard InChI is InChI=1S/C14H22N2O2/c1-5-8-18-12-7-6-11(13(17)9-12)10-15-16-14(2,3)4/h6-7,9-10,16-17H,5,8H2,1-4H3/b15-10+. The van der Waals surface area contributed by atoms with E-state index in [4.69, 9.17) is 4.74 Å². The van der Waals surface area contributed by atoms with Crippen LogP contribution in [0.4, 0.5) is 0 Å². The van der Waals surface area contributed by atoms with Gasteiger partial charge >= 0.3 is 0 Å². The number of hydrogen-bond donors (Lipinski definition) is 2. The molecule has 0 aliphatic carbocycles. The molecule has 1 aromatic carbocycles. The van der Waals surface area contributed by atoms with Crippen LogP contribution < -0.4 is 10.2 Å². The predicted octanol–water partition coefficient (Wildman–Crippen LogP) is 2.90. The van der Waals surface area contributed by atoms with Crippen LogP contribution >= 0.6 is 0 Å². The van der Waals surface area contributed by atoms with Gasteiger partial charge in [-0.1, -0.05) is 6.92 Å². The van der Waals surface area contributed by atoms with E-state index in [0.29, 0.717) is 17.9 Å². The molecular formula is C14H22N2O2. The summed E-state index contributed by atoms with van der Waals surface area (Å²) in [5.41, 5.74) is 3.55. The lowest BCUT2D eigenvalue weighted by molar-refractivity contribution is 0.315. The average molecular weight is 250 g/mol. The zero-order valence-corrected chi connectivity index (χ0v) is 11.5. The van der Waals surface area contributed by atoms with Crippen molar-refractivity contribution in [2.24, 2.45) is 5.10 Å². The molecule has 18 heavy (non-hydrogen) atoms. The lowest BCUT2D eigenvalue weighted by Gasteiger charge is -2.17. The molecule has 0 atom stereocenters. The molecule has 4 nitrogen and oxygen atoms in total. The summed E-state index contributed by atoms with van der Waals surface area (Å²) in [6, 6.07) is 5.22. The predicted molar refractivity (Wildman–Crippen MR) is 74.4 cm³/mol. The lowest BCUT2D eigenvalue weighted by Crippen LogP contribution is -2.31. The number of phenolic OH excluding ortho intramolecular Hbond substituents is 1. The first-order valence-electron chi connectivity index (χ1n) is 6.18. The molecule has 0 radical (unpaired) electrons. The van der Waals surface area contributed by atoms with Gasteiger partial charge in [-0.2, -0.15) is 5.10 Å². The number of phenols is 1. The van der Waals surface area contributed by atoms with Crippen molar-refractivity contribution >= 4 is 6.21 Å². The minimum absolute atomic E-state index is 0.0870. The van der Waals surface area contributed by atoms with Gasteiger partial charge in [-0.3, -0.25) is 0 Å². The Morgan fingerprint density at radius 2 is 2.11 bits per heavy atom. The van der Waals surface area contributed by atoms with Crippen LogP contribution in [0.25, 0.3) is 0 Å². The number of hydrogen-bond acceptors (Lipinski definition) is 4. The van der Waals surface area contributed by atoms with Gasteiger partial charge < -0.3 is 15.3 Å². The van der Waals surface area contributed by atoms with Gasteiger partial charge in [0, 0.05) is 17.2 Å². The molecule has 4 heteroatoms. The second-order valence-corrected chi connectivity index (χ2v) is 5.19. The van der Waals surface area contributed by atoms with E-state index in [2.05, 4.69) is 10.5 Å². The first-order chi connectivity index (χ1) is 8.42. The van der Waals surface area contributed by atoms with Crippen LogP contribution in [0.3, 0.4) is 0 Å². The molecule has 1 aromatic rings. The maximum atomic E-state index is 9.82. The summed E-state index contributed by atoms with van der Waals surface area (Å²) in [6.07, 6.45) is 2.55. The summed E-state index contributed by atoms with van der Waals surface area (Å²) in [4.78, 5) is 0. The SMILES string of the molecule is CCCOc1ccc(/C=N/NC(C)(C)C)c(O)c1. The average Bonchev–Trinajstić information content (AvgIpc) is 2.27. The normalized spacial score (nSPS) is 11.8. The van der Waals surface area contributed by atoms with Gasteiger partial charge in [0.25, 0.3) is 0 Å². The molecular weight excluding hydrogens is 228 g/mol. The van der Waals surface area contributed by atoms with Crippen molar-refractivity contribution in [3.05, 3.63) is 23.8 Å². The number of ether oxygens (including phenoxy) is 1. The second-order valence-electron chi connectivity index (χ2n) is 5.19. The molecule has 2 N–H and O–H groups in total. The second kappa shape index (κ2) is 6.28. The molecule has 0 amide bonds. The number of aromatic hydroxyl groups is 1. The molecule has 0 fully saturated rings. The van der Waals surface area contributed by atoms with E-state index in [1.165, 1.54) is 0 Å². The van der Waals surface area contributed by atoms with Crippen LogP contribution in [-0.2, 0) is 0 Å². The van der Waals surface area contributed by atoms with E-state index in [0.717, 1.165) is 6.42 Å². The highest BCUT2D eigenvalue weighted by molar-refractivity contribution is 5.83. The summed E-state index contributed by atoms with van der Waals surface area (Å²) in [5.74, 6) is 0.846. The van der Waals surface area contributed by atoms with E-state index in [-0.39, 0.29) is 11.3 Å². The fraction of sp³-hybridized carbons (Fsp3) is 0.500. The van der Waals surface area contributed by atoms with Crippen LogP contribution in [-0.4, -0.2) is 23.5 Å². The summed E-state index contributed by atoms with van der Waals surface area (Å²) < 4.78 is 5.43. The topological polar surface area (TPSA) is 53.8 Å². The summed E-state index contributed by atoms with van der Waals surface area (Å²) in [5, 5.41) is 13.9. The Labute approximate surface area is 109 Å². The Morgan fingerprint density at radius 1 is 1.39 bits per heavy atom. The third-order valence-electron chi connectivity index (χ3n) is 2.08. The molecule has 0 saturated heterocycles. The van der Waals surface area contributed by atoms with Crippen molar-refractivity contribution in [1.29, 1.82) is 0 Å². The minimum Gasteiger partial charge on any atom is -0.507 e. The van der Waals surface area contributed by atoms with Crippen molar-refractivity contribution in [1.82, 2.24) is 5.43 Å². The largest absolute Gasteiger partial charge is 0.507 e. The van der Waals surface area contributed by atoms with Crippen LogP contribution in [0.1, 0.15) is 39.7 Å². The molecule has 0 aliphatic heterocycles. The maximum absolute atomic E-state index is 9.82. The van der Waals surface area contributed by atoms with Gasteiger partial charge in [0.15, 0.2) is 0 Å². The Hall–Kier alpha value is -1.71. The number of benzene rings is 1. The molecule has 1 rings (SSSR count). The first kappa shape index (κ1) is 14.4. The smallest absolute Gasteiger partial charge is 0.128 e. The number of hydrazone groups is 1. The first-order valence-corrected chi connectivity index (χ1v) is 6.18. The maximum Gasteiger partial charge on any atom is 0.128 e. The van der Waals surface area contributed by atoms with Crippen molar-refractivity contribution in [3.63, 3.8) is 0 Å². The summed E-state index contributed by atoms with van der Waals surface area (Å²) in [7, 11) is 0. The Kier molecular flexibility index (Phi) is 5.01. The van der Waals surface area contributed by atoms with E-state index >= 15 is 0 Å². The van der Waals surface area contributed by atoms with Crippen LogP contribution in [0.5, 0.6) is 11.5 Å². The number of nitrogens with zero attached hydrogens (tertiary/aromatic N) is 1. The third kappa shape index (κ3) is 5.08. The highest BCUT2D eigenvalue weighted by Gasteiger charge is 2.06. The Morgan fingerprint density at radius 3 is 2.67 bits per heavy atom. The van der Waals surface area contributed by atoms with Crippen LogP contribution in [0, 0.1) is 0 Å². The Balaban J connectivity index is 2.68. The van der Waals surface area contributed by atoms with E-state index < -0.39 is 0 Å². The zero-order valence-electron chi connectivity index (χ0n) is 11.5. The van der Waals surface area contributed by atoms with Crippen molar-refractivity contribution in [2.45, 2.75) is 39.7 Å². The molecule has 0 unspecified atom stereocenters. The number of nitrogens with one attached hydrogen (secondary N) is 1. The lowest BCUT2D eigenvalue weighted by atomic mass is 10.1.